The summed E-state index contributed by atoms with van der Waals surface area (Å²) in [6.07, 6.45) is -4.29. The van der Waals surface area contributed by atoms with Gasteiger partial charge in [-0.3, -0.25) is 9.69 Å². The maximum absolute atomic E-state index is 12.7. The molecule has 3 aromatic carbocycles. The van der Waals surface area contributed by atoms with Crippen molar-refractivity contribution >= 4 is 52.0 Å². The summed E-state index contributed by atoms with van der Waals surface area (Å²) in [5, 5.41) is 8.26. The number of hydrogen-bond donors (Lipinski definition) is 3. The lowest BCUT2D eigenvalue weighted by atomic mass is 9.99. The van der Waals surface area contributed by atoms with Crippen LogP contribution in [0, 0.1) is 6.92 Å². The second-order valence-electron chi connectivity index (χ2n) is 9.96. The Hall–Kier alpha value is -4.52. The molecule has 0 radical (unpaired) electrons. The Bertz CT molecular complexity index is 1510. The molecule has 226 valence electrons. The van der Waals surface area contributed by atoms with Crippen molar-refractivity contribution in [3.05, 3.63) is 83.4 Å². The molecule has 0 aliphatic carbocycles. The second kappa shape index (κ2) is 13.6. The molecule has 1 saturated heterocycles. The fraction of sp³-hybridized carbons (Fsp3) is 0.267. The summed E-state index contributed by atoms with van der Waals surface area (Å²) in [5.41, 5.74) is 4.42. The first-order valence-electron chi connectivity index (χ1n) is 13.3. The molecule has 1 fully saturated rings. The maximum atomic E-state index is 12.7. The topological polar surface area (TPSA) is 112 Å². The average molecular weight is 614 g/mol. The van der Waals surface area contributed by atoms with Gasteiger partial charge in [0.2, 0.25) is 5.91 Å². The molecule has 0 spiro atoms. The van der Waals surface area contributed by atoms with E-state index in [1.54, 1.807) is 24.3 Å². The zero-order chi connectivity index (χ0) is 31.1. The van der Waals surface area contributed by atoms with Crippen molar-refractivity contribution in [3.63, 3.8) is 0 Å². The monoisotopic (exact) mass is 613 g/mol. The lowest BCUT2D eigenvalue weighted by molar-refractivity contribution is -0.274. The first-order valence-corrected chi connectivity index (χ1v) is 14.3. The van der Waals surface area contributed by atoms with Crippen LogP contribution in [0.4, 0.5) is 39.8 Å². The number of amidine groups is 1. The summed E-state index contributed by atoms with van der Waals surface area (Å²) < 4.78 is 40.7. The van der Waals surface area contributed by atoms with Crippen molar-refractivity contribution in [1.29, 1.82) is 0 Å². The van der Waals surface area contributed by atoms with Crippen LogP contribution in [0.5, 0.6) is 5.75 Å². The van der Waals surface area contributed by atoms with Gasteiger partial charge in [0, 0.05) is 17.9 Å². The lowest BCUT2D eigenvalue weighted by Gasteiger charge is -2.22. The molecule has 3 aromatic rings. The van der Waals surface area contributed by atoms with E-state index in [1.807, 2.05) is 39.0 Å². The molecule has 0 bridgehead atoms. The minimum Gasteiger partial charge on any atom is -0.406 e. The molecular weight excluding hydrogens is 583 g/mol. The molecule has 0 atom stereocenters. The van der Waals surface area contributed by atoms with Gasteiger partial charge in [-0.2, -0.15) is 4.99 Å². The van der Waals surface area contributed by atoms with E-state index in [-0.39, 0.29) is 23.3 Å². The number of nitrogens with zero attached hydrogens (tertiary/aromatic N) is 2. The van der Waals surface area contributed by atoms with E-state index in [2.05, 4.69) is 25.7 Å². The number of carbonyl (C=O) groups excluding carboxylic acids is 3. The lowest BCUT2D eigenvalue weighted by Crippen LogP contribution is -2.32. The van der Waals surface area contributed by atoms with Crippen LogP contribution in [0.3, 0.4) is 0 Å². The van der Waals surface area contributed by atoms with E-state index in [1.165, 1.54) is 28.8 Å². The fourth-order valence-electron chi connectivity index (χ4n) is 4.25. The normalized spacial score (nSPS) is 14.3. The second-order valence-corrected chi connectivity index (χ2v) is 10.9. The SMILES string of the molecule is Cc1ccc(C(C)C)c(N2C(=O)CSC2=NC(=O)NCCc2ccc(NC(=O)Nc3ccc(OC(F)(F)F)cc3)cc2)c1. The van der Waals surface area contributed by atoms with Crippen LogP contribution in [-0.4, -0.2) is 41.8 Å². The van der Waals surface area contributed by atoms with Gasteiger partial charge in [-0.15, -0.1) is 13.2 Å². The highest BCUT2D eigenvalue weighted by atomic mass is 32.2. The van der Waals surface area contributed by atoms with Crippen LogP contribution in [0.15, 0.2) is 71.7 Å². The van der Waals surface area contributed by atoms with Gasteiger partial charge >= 0.3 is 18.4 Å². The van der Waals surface area contributed by atoms with Crippen molar-refractivity contribution in [2.75, 3.05) is 27.8 Å². The number of urea groups is 2. The molecule has 4 rings (SSSR count). The number of amides is 5. The van der Waals surface area contributed by atoms with E-state index in [0.717, 1.165) is 34.5 Å². The molecule has 5 amide bonds. The summed E-state index contributed by atoms with van der Waals surface area (Å²) in [6, 6.07) is 16.5. The third kappa shape index (κ3) is 8.98. The van der Waals surface area contributed by atoms with Gasteiger partial charge < -0.3 is 20.7 Å². The molecule has 43 heavy (non-hydrogen) atoms. The van der Waals surface area contributed by atoms with Gasteiger partial charge in [0.15, 0.2) is 5.17 Å². The molecule has 0 unspecified atom stereocenters. The first kappa shape index (κ1) is 31.4. The Morgan fingerprint density at radius 1 is 1.00 bits per heavy atom. The van der Waals surface area contributed by atoms with Crippen LogP contribution in [0.1, 0.15) is 36.5 Å². The number of anilines is 3. The predicted molar refractivity (Wildman–Crippen MR) is 162 cm³/mol. The number of aliphatic imine (C=N–C) groups is 1. The summed E-state index contributed by atoms with van der Waals surface area (Å²) in [6.45, 7) is 6.35. The number of rotatable bonds is 8. The van der Waals surface area contributed by atoms with E-state index in [9.17, 15) is 27.6 Å². The van der Waals surface area contributed by atoms with Gasteiger partial charge in [-0.25, -0.2) is 9.59 Å². The zero-order valence-corrected chi connectivity index (χ0v) is 24.4. The maximum Gasteiger partial charge on any atom is 0.573 e. The number of alkyl halides is 3. The van der Waals surface area contributed by atoms with Crippen LogP contribution in [-0.2, 0) is 11.2 Å². The largest absolute Gasteiger partial charge is 0.573 e. The molecule has 9 nitrogen and oxygen atoms in total. The molecule has 1 heterocycles. The molecular formula is C30H30F3N5O4S. The molecule has 13 heteroatoms. The number of ether oxygens (including phenoxy) is 1. The molecule has 3 N–H and O–H groups in total. The highest BCUT2D eigenvalue weighted by Gasteiger charge is 2.33. The molecule has 0 saturated carbocycles. The molecule has 1 aliphatic rings. The first-order chi connectivity index (χ1) is 20.4. The Labute approximate surface area is 250 Å². The van der Waals surface area contributed by atoms with Gasteiger partial charge in [0.25, 0.3) is 0 Å². The summed E-state index contributed by atoms with van der Waals surface area (Å²) in [5.74, 6) is -0.129. The summed E-state index contributed by atoms with van der Waals surface area (Å²) >= 11 is 1.23. The minimum absolute atomic E-state index is 0.125. The predicted octanol–water partition coefficient (Wildman–Crippen LogP) is 7.05. The Balaban J connectivity index is 1.27. The number of nitrogens with one attached hydrogen (secondary N) is 3. The highest BCUT2D eigenvalue weighted by Crippen LogP contribution is 2.34. The summed E-state index contributed by atoms with van der Waals surface area (Å²) in [4.78, 5) is 43.3. The van der Waals surface area contributed by atoms with Gasteiger partial charge in [0.05, 0.1) is 11.4 Å². The standard InChI is InChI=1S/C30H30F3N5O4S/c1-18(2)24-13-4-19(3)16-25(24)38-26(39)17-43-29(38)37-27(40)34-15-14-20-5-7-21(8-6-20)35-28(41)36-22-9-11-23(12-10-22)42-30(31,32)33/h4-13,16,18H,14-15,17H2,1-3H3,(H,34,40)(H2,35,36,41). The van der Waals surface area contributed by atoms with Crippen LogP contribution in [0.2, 0.25) is 0 Å². The number of aryl methyl sites for hydroxylation is 1. The summed E-state index contributed by atoms with van der Waals surface area (Å²) in [7, 11) is 0. The third-order valence-electron chi connectivity index (χ3n) is 6.26. The van der Waals surface area contributed by atoms with E-state index < -0.39 is 24.2 Å². The minimum atomic E-state index is -4.80. The number of carbonyl (C=O) groups is 3. The van der Waals surface area contributed by atoms with Gasteiger partial charge in [0.1, 0.15) is 5.75 Å². The molecule has 1 aliphatic heterocycles. The van der Waals surface area contributed by atoms with Crippen molar-refractivity contribution in [2.45, 2.75) is 39.5 Å². The Kier molecular flexibility index (Phi) is 9.96. The van der Waals surface area contributed by atoms with Crippen molar-refractivity contribution in [3.8, 4) is 5.75 Å². The van der Waals surface area contributed by atoms with E-state index in [4.69, 9.17) is 0 Å². The number of halogens is 3. The van der Waals surface area contributed by atoms with Crippen molar-refractivity contribution in [1.82, 2.24) is 5.32 Å². The van der Waals surface area contributed by atoms with Crippen molar-refractivity contribution in [2.24, 2.45) is 4.99 Å². The average Bonchev–Trinajstić information content (AvgIpc) is 3.29. The Morgan fingerprint density at radius 2 is 1.63 bits per heavy atom. The number of thioether (sulfide) groups is 1. The van der Waals surface area contributed by atoms with E-state index in [0.29, 0.717) is 23.8 Å². The van der Waals surface area contributed by atoms with Crippen LogP contribution < -0.4 is 25.6 Å². The third-order valence-corrected chi connectivity index (χ3v) is 7.18. The quantitative estimate of drug-likeness (QED) is 0.252. The highest BCUT2D eigenvalue weighted by molar-refractivity contribution is 8.15. The number of benzene rings is 3. The zero-order valence-electron chi connectivity index (χ0n) is 23.6. The number of hydrogen-bond acceptors (Lipinski definition) is 5. The van der Waals surface area contributed by atoms with Crippen molar-refractivity contribution < 1.29 is 32.3 Å². The smallest absolute Gasteiger partial charge is 0.406 e. The molecule has 0 aromatic heterocycles. The van der Waals surface area contributed by atoms with Gasteiger partial charge in [-0.1, -0.05) is 49.9 Å². The van der Waals surface area contributed by atoms with E-state index >= 15 is 0 Å². The Morgan fingerprint density at radius 3 is 2.23 bits per heavy atom. The van der Waals surface area contributed by atoms with Crippen LogP contribution in [0.25, 0.3) is 0 Å². The fourth-order valence-corrected chi connectivity index (χ4v) is 5.10. The van der Waals surface area contributed by atoms with Crippen LogP contribution >= 0.6 is 11.8 Å². The van der Waals surface area contributed by atoms with Gasteiger partial charge in [-0.05, 0) is 78.4 Å².